The van der Waals surface area contributed by atoms with Crippen LogP contribution in [0, 0.1) is 55.4 Å². The number of benzene rings is 10. The van der Waals surface area contributed by atoms with Crippen molar-refractivity contribution in [1.82, 2.24) is 0 Å². The van der Waals surface area contributed by atoms with E-state index < -0.39 is 0 Å². The highest BCUT2D eigenvalue weighted by atomic mass is 14.1. The maximum absolute atomic E-state index is 2.27. The predicted octanol–water partition coefficient (Wildman–Crippen LogP) is 16.6. The van der Waals surface area contributed by atoms with Crippen molar-refractivity contribution in [3.8, 4) is 11.1 Å². The smallest absolute Gasteiger partial charge is 0.0105 e. The van der Waals surface area contributed by atoms with E-state index >= 15 is 0 Å². The first kappa shape index (κ1) is 39.7. The van der Waals surface area contributed by atoms with Gasteiger partial charge < -0.3 is 0 Å². The van der Waals surface area contributed by atoms with Gasteiger partial charge in [0.25, 0.3) is 0 Å². The zero-order valence-electron chi connectivity index (χ0n) is 35.3. The summed E-state index contributed by atoms with van der Waals surface area (Å²) in [4.78, 5) is 0. The second kappa shape index (κ2) is 17.7. The lowest BCUT2D eigenvalue weighted by atomic mass is 9.99. The van der Waals surface area contributed by atoms with Crippen molar-refractivity contribution in [2.24, 2.45) is 0 Å². The Labute approximate surface area is 345 Å². The Kier molecular flexibility index (Phi) is 12.2. The first-order chi connectivity index (χ1) is 28.0. The average molecular weight is 751 g/mol. The van der Waals surface area contributed by atoms with Crippen molar-refractivity contribution in [1.29, 1.82) is 0 Å². The summed E-state index contributed by atoms with van der Waals surface area (Å²) in [5.74, 6) is 0. The van der Waals surface area contributed by atoms with E-state index in [4.69, 9.17) is 0 Å². The van der Waals surface area contributed by atoms with Gasteiger partial charge in [0.1, 0.15) is 0 Å². The topological polar surface area (TPSA) is 0 Å². The van der Waals surface area contributed by atoms with E-state index in [9.17, 15) is 0 Å². The Morgan fingerprint density at radius 2 is 0.397 bits per heavy atom. The van der Waals surface area contributed by atoms with Crippen LogP contribution in [-0.2, 0) is 0 Å². The van der Waals surface area contributed by atoms with Crippen LogP contribution >= 0.6 is 0 Å². The first-order valence-corrected chi connectivity index (χ1v) is 20.4. The van der Waals surface area contributed by atoms with Crippen molar-refractivity contribution in [3.05, 3.63) is 226 Å². The summed E-state index contributed by atoms with van der Waals surface area (Å²) in [6, 6.07) is 65.9. The summed E-state index contributed by atoms with van der Waals surface area (Å²) in [7, 11) is 0. The summed E-state index contributed by atoms with van der Waals surface area (Å²) in [6.45, 7) is 17.0. The molecule has 0 bridgehead atoms. The maximum Gasteiger partial charge on any atom is -0.0105 e. The van der Waals surface area contributed by atoms with Gasteiger partial charge in [0, 0.05) is 0 Å². The molecule has 0 heterocycles. The molecule has 0 amide bonds. The van der Waals surface area contributed by atoms with Gasteiger partial charge in [-0.05, 0) is 133 Å². The molecule has 58 heavy (non-hydrogen) atoms. The van der Waals surface area contributed by atoms with Crippen molar-refractivity contribution < 1.29 is 0 Å². The van der Waals surface area contributed by atoms with Gasteiger partial charge in [-0.25, -0.2) is 0 Å². The van der Waals surface area contributed by atoms with E-state index in [0.29, 0.717) is 0 Å². The van der Waals surface area contributed by atoms with Crippen LogP contribution in [-0.4, -0.2) is 0 Å². The highest BCUT2D eigenvalue weighted by Crippen LogP contribution is 2.27. The van der Waals surface area contributed by atoms with Gasteiger partial charge in [-0.1, -0.05) is 214 Å². The Morgan fingerprint density at radius 1 is 0.172 bits per heavy atom. The van der Waals surface area contributed by atoms with Crippen molar-refractivity contribution in [2.45, 2.75) is 55.4 Å². The van der Waals surface area contributed by atoms with E-state index in [1.807, 2.05) is 0 Å². The molecule has 0 saturated heterocycles. The molecule has 10 aromatic carbocycles. The normalized spacial score (nSPS) is 10.8. The van der Waals surface area contributed by atoms with Crippen LogP contribution in [0.5, 0.6) is 0 Å². The summed E-state index contributed by atoms with van der Waals surface area (Å²) >= 11 is 0. The average Bonchev–Trinajstić information content (AvgIpc) is 3.21. The third kappa shape index (κ3) is 9.89. The van der Waals surface area contributed by atoms with Crippen LogP contribution in [0.25, 0.3) is 65.0 Å². The van der Waals surface area contributed by atoms with E-state index in [-0.39, 0.29) is 0 Å². The zero-order chi connectivity index (χ0) is 40.8. The standard InChI is InChI=1S/2C16H14.C14H14.C12H12/c1-11-3-7-15-13(9-11)5-6-14-10-12(2)4-8-16(14)15;1-11-3-5-13-10-16-8-12(2)4-6-14(16)9-15(13)7-11;1-11-3-7-13(8-4-11)14-9-5-12(2)6-10-14;1-9-3-5-12-8-10(2)4-6-11(12)7-9/h2*3-10H,1-2H3;3-10H,1-2H3;3-8H,1-2H3. The molecule has 0 aliphatic rings. The van der Waals surface area contributed by atoms with Crippen molar-refractivity contribution >= 4 is 53.9 Å². The van der Waals surface area contributed by atoms with Crippen LogP contribution in [0.4, 0.5) is 0 Å². The summed E-state index contributed by atoms with van der Waals surface area (Å²) in [5, 5.41) is 13.3. The van der Waals surface area contributed by atoms with Gasteiger partial charge in [-0.15, -0.1) is 0 Å². The van der Waals surface area contributed by atoms with E-state index in [0.717, 1.165) is 0 Å². The highest BCUT2D eigenvalue weighted by molar-refractivity contribution is 6.07. The molecular formula is C58H54. The molecule has 0 radical (unpaired) electrons. The fraction of sp³-hybridized carbons (Fsp3) is 0.138. The van der Waals surface area contributed by atoms with E-state index in [2.05, 4.69) is 237 Å². The summed E-state index contributed by atoms with van der Waals surface area (Å²) < 4.78 is 0. The minimum absolute atomic E-state index is 1.29. The fourth-order valence-corrected chi connectivity index (χ4v) is 7.52. The molecule has 0 nitrogen and oxygen atoms in total. The molecule has 286 valence electrons. The minimum Gasteiger partial charge on any atom is -0.0587 e. The Morgan fingerprint density at radius 3 is 0.724 bits per heavy atom. The van der Waals surface area contributed by atoms with Gasteiger partial charge >= 0.3 is 0 Å². The lowest BCUT2D eigenvalue weighted by Gasteiger charge is -2.05. The molecule has 10 aromatic rings. The molecule has 0 aromatic heterocycles. The molecule has 0 saturated carbocycles. The fourth-order valence-electron chi connectivity index (χ4n) is 7.52. The molecule has 0 unspecified atom stereocenters. The SMILES string of the molecule is Cc1ccc(-c2ccc(C)cc2)cc1.Cc1ccc2c(ccc3cc(C)ccc32)c1.Cc1ccc2cc(C)ccc2c1.Cc1ccc2cc3cc(C)ccc3cc2c1. The minimum atomic E-state index is 1.29. The Hall–Kier alpha value is -6.50. The van der Waals surface area contributed by atoms with Gasteiger partial charge in [0.05, 0.1) is 0 Å². The number of rotatable bonds is 1. The molecule has 0 heteroatoms. The maximum atomic E-state index is 2.27. The first-order valence-electron chi connectivity index (χ1n) is 20.4. The van der Waals surface area contributed by atoms with Gasteiger partial charge in [0.2, 0.25) is 0 Å². The van der Waals surface area contributed by atoms with Crippen LogP contribution in [0.3, 0.4) is 0 Å². The lowest BCUT2D eigenvalue weighted by molar-refractivity contribution is 1.45. The van der Waals surface area contributed by atoms with Crippen LogP contribution in [0.15, 0.2) is 182 Å². The molecule has 10 rings (SSSR count). The Bertz CT molecular complexity index is 2770. The molecule has 0 aliphatic carbocycles. The van der Waals surface area contributed by atoms with Crippen molar-refractivity contribution in [2.75, 3.05) is 0 Å². The van der Waals surface area contributed by atoms with Crippen LogP contribution in [0.2, 0.25) is 0 Å². The third-order valence-corrected chi connectivity index (χ3v) is 10.8. The van der Waals surface area contributed by atoms with Gasteiger partial charge in [0.15, 0.2) is 0 Å². The van der Waals surface area contributed by atoms with E-state index in [1.54, 1.807) is 0 Å². The quantitative estimate of drug-likeness (QED) is 0.116. The van der Waals surface area contributed by atoms with Crippen LogP contribution < -0.4 is 0 Å². The highest BCUT2D eigenvalue weighted by Gasteiger charge is 2.02. The number of fused-ring (bicyclic) bond motifs is 6. The molecule has 0 fully saturated rings. The van der Waals surface area contributed by atoms with Crippen molar-refractivity contribution in [3.63, 3.8) is 0 Å². The number of hydrogen-bond acceptors (Lipinski definition) is 0. The summed E-state index contributed by atoms with van der Waals surface area (Å²) in [5.41, 5.74) is 13.1. The second-order valence-electron chi connectivity index (χ2n) is 16.2. The monoisotopic (exact) mass is 750 g/mol. The van der Waals surface area contributed by atoms with E-state index in [1.165, 1.54) is 109 Å². The number of aryl methyl sites for hydroxylation is 8. The largest absolute Gasteiger partial charge is 0.0587 e. The Balaban J connectivity index is 0.000000118. The number of hydrogen-bond donors (Lipinski definition) is 0. The molecular weight excluding hydrogens is 697 g/mol. The molecule has 0 N–H and O–H groups in total. The molecule has 0 aliphatic heterocycles. The zero-order valence-corrected chi connectivity index (χ0v) is 35.3. The third-order valence-electron chi connectivity index (χ3n) is 10.8. The molecule has 0 atom stereocenters. The molecule has 0 spiro atoms. The summed E-state index contributed by atoms with van der Waals surface area (Å²) in [6.07, 6.45) is 0. The second-order valence-corrected chi connectivity index (χ2v) is 16.2. The predicted molar refractivity (Wildman–Crippen MR) is 257 cm³/mol. The van der Waals surface area contributed by atoms with Gasteiger partial charge in [-0.2, -0.15) is 0 Å². The van der Waals surface area contributed by atoms with Gasteiger partial charge in [-0.3, -0.25) is 0 Å². The lowest BCUT2D eigenvalue weighted by Crippen LogP contribution is -1.80. The van der Waals surface area contributed by atoms with Crippen LogP contribution in [0.1, 0.15) is 44.5 Å².